The quantitative estimate of drug-likeness (QED) is 0.740. The highest BCUT2D eigenvalue weighted by atomic mass is 32.2. The molecule has 130 valence electrons. The van der Waals surface area contributed by atoms with Gasteiger partial charge in [0.05, 0.1) is 0 Å². The number of hydrogen-bond donors (Lipinski definition) is 3. The second-order valence-electron chi connectivity index (χ2n) is 5.75. The summed E-state index contributed by atoms with van der Waals surface area (Å²) in [6, 6.07) is 1.35. The molecule has 0 atom stereocenters. The van der Waals surface area contributed by atoms with Crippen molar-refractivity contribution >= 4 is 27.9 Å². The molecule has 7 nitrogen and oxygen atoms in total. The highest BCUT2D eigenvalue weighted by Gasteiger charge is 2.38. The van der Waals surface area contributed by atoms with Gasteiger partial charge >= 0.3 is 10.2 Å². The number of hydrogen-bond acceptors (Lipinski definition) is 5. The predicted molar refractivity (Wildman–Crippen MR) is 87.3 cm³/mol. The van der Waals surface area contributed by atoms with Crippen molar-refractivity contribution in [2.24, 2.45) is 0 Å². The summed E-state index contributed by atoms with van der Waals surface area (Å²) >= 11 is 0. The van der Waals surface area contributed by atoms with Gasteiger partial charge in [-0.25, -0.2) is 13.4 Å². The number of carbonyl (C=O) groups is 1. The Bertz CT molecular complexity index is 828. The lowest BCUT2D eigenvalue weighted by molar-refractivity contribution is -0.117. The maximum Gasteiger partial charge on any atom is 0.326 e. The van der Waals surface area contributed by atoms with E-state index in [1.807, 2.05) is 6.92 Å². The number of nitrogens with zero attached hydrogens (tertiary/aromatic N) is 1. The first kappa shape index (κ1) is 16.7. The van der Waals surface area contributed by atoms with Crippen LogP contribution in [-0.4, -0.2) is 39.1 Å². The maximum absolute atomic E-state index is 15.1. The van der Waals surface area contributed by atoms with E-state index in [4.69, 9.17) is 0 Å². The van der Waals surface area contributed by atoms with Crippen molar-refractivity contribution in [1.29, 1.82) is 0 Å². The van der Waals surface area contributed by atoms with Crippen molar-refractivity contribution in [1.82, 2.24) is 10.0 Å². The van der Waals surface area contributed by atoms with Crippen LogP contribution in [0, 0.1) is 5.82 Å². The molecule has 1 aromatic rings. The summed E-state index contributed by atoms with van der Waals surface area (Å²) in [4.78, 5) is 11.4. The van der Waals surface area contributed by atoms with Gasteiger partial charge in [0.1, 0.15) is 18.0 Å². The molecule has 2 saturated heterocycles. The molecule has 1 amide bonds. The van der Waals surface area contributed by atoms with Gasteiger partial charge in [0.25, 0.3) is 5.91 Å². The number of nitrogens with one attached hydrogen (secondary N) is 2. The Hall–Kier alpha value is -2.13. The topological polar surface area (TPSA) is 98.7 Å². The van der Waals surface area contributed by atoms with E-state index in [9.17, 15) is 18.3 Å². The van der Waals surface area contributed by atoms with E-state index in [0.717, 1.165) is 18.5 Å². The van der Waals surface area contributed by atoms with Crippen LogP contribution in [-0.2, 0) is 21.4 Å². The van der Waals surface area contributed by atoms with Gasteiger partial charge in [0.2, 0.25) is 0 Å². The Morgan fingerprint density at radius 2 is 2.21 bits per heavy atom. The third-order valence-electron chi connectivity index (χ3n) is 4.12. The van der Waals surface area contributed by atoms with Crippen LogP contribution in [0.4, 0.5) is 10.1 Å². The first-order valence-corrected chi connectivity index (χ1v) is 9.05. The number of halogens is 1. The fraction of sp³-hybridized carbons (Fsp3) is 0.400. The molecule has 0 saturated carbocycles. The smallest absolute Gasteiger partial charge is 0.326 e. The average molecular weight is 355 g/mol. The molecule has 0 aliphatic carbocycles. The highest BCUT2D eigenvalue weighted by Crippen LogP contribution is 2.38. The van der Waals surface area contributed by atoms with Crippen molar-refractivity contribution in [2.75, 3.05) is 23.9 Å². The summed E-state index contributed by atoms with van der Waals surface area (Å²) in [6.45, 7) is 2.70. The number of phenolic OH excluding ortho intramolecular Hbond substituents is 1. The first-order chi connectivity index (χ1) is 11.3. The molecular formula is C15H18FN3O4S. The number of phenols is 1. The molecule has 0 spiro atoms. The second-order valence-corrected chi connectivity index (χ2v) is 7.35. The van der Waals surface area contributed by atoms with Crippen LogP contribution < -0.4 is 14.3 Å². The molecule has 3 N–H and O–H groups in total. The summed E-state index contributed by atoms with van der Waals surface area (Å²) in [6.07, 6.45) is 2.94. The number of anilines is 1. The van der Waals surface area contributed by atoms with E-state index in [1.54, 1.807) is 10.8 Å². The fourth-order valence-electron chi connectivity index (χ4n) is 2.94. The monoisotopic (exact) mass is 355 g/mol. The van der Waals surface area contributed by atoms with Gasteiger partial charge < -0.3 is 10.4 Å². The van der Waals surface area contributed by atoms with Crippen LogP contribution in [0.15, 0.2) is 11.6 Å². The van der Waals surface area contributed by atoms with Crippen molar-refractivity contribution in [2.45, 2.75) is 19.8 Å². The Balaban J connectivity index is 2.17. The van der Waals surface area contributed by atoms with E-state index >= 15 is 4.39 Å². The summed E-state index contributed by atoms with van der Waals surface area (Å²) in [5.74, 6) is -2.12. The minimum absolute atomic E-state index is 0.249. The number of rotatable bonds is 3. The van der Waals surface area contributed by atoms with Gasteiger partial charge in [-0.2, -0.15) is 8.42 Å². The number of aryl methyl sites for hydroxylation is 1. The molecule has 9 heteroatoms. The van der Waals surface area contributed by atoms with Crippen LogP contribution in [0.1, 0.15) is 24.5 Å². The van der Waals surface area contributed by atoms with Crippen LogP contribution >= 0.6 is 0 Å². The molecular weight excluding hydrogens is 337 g/mol. The number of aromatic hydroxyl groups is 1. The molecule has 2 aliphatic heterocycles. The highest BCUT2D eigenvalue weighted by molar-refractivity contribution is 7.92. The zero-order valence-electron chi connectivity index (χ0n) is 13.1. The molecule has 0 unspecified atom stereocenters. The SMILES string of the molecule is CCc1cc(O)c(N2CC(=O)NS2(=O)=O)c(F)c1/C=C1/CCNC1. The summed E-state index contributed by atoms with van der Waals surface area (Å²) in [7, 11) is -4.20. The molecule has 2 fully saturated rings. The zero-order valence-corrected chi connectivity index (χ0v) is 13.9. The van der Waals surface area contributed by atoms with Crippen LogP contribution in [0.25, 0.3) is 6.08 Å². The molecule has 1 aromatic carbocycles. The van der Waals surface area contributed by atoms with Gasteiger partial charge in [-0.3, -0.25) is 4.79 Å². The predicted octanol–water partition coefficient (Wildman–Crippen LogP) is 0.651. The lowest BCUT2D eigenvalue weighted by atomic mass is 9.99. The van der Waals surface area contributed by atoms with E-state index in [0.29, 0.717) is 22.8 Å². The van der Waals surface area contributed by atoms with Crippen LogP contribution in [0.2, 0.25) is 0 Å². The van der Waals surface area contributed by atoms with Crippen LogP contribution in [0.5, 0.6) is 5.75 Å². The third kappa shape index (κ3) is 2.84. The molecule has 0 bridgehead atoms. The van der Waals surface area contributed by atoms with Crippen molar-refractivity contribution in [3.63, 3.8) is 0 Å². The lowest BCUT2D eigenvalue weighted by Gasteiger charge is -2.20. The minimum atomic E-state index is -4.20. The van der Waals surface area contributed by atoms with Gasteiger partial charge in [0.15, 0.2) is 5.82 Å². The zero-order chi connectivity index (χ0) is 17.5. The molecule has 2 aliphatic rings. The maximum atomic E-state index is 15.1. The molecule has 24 heavy (non-hydrogen) atoms. The van der Waals surface area contributed by atoms with Gasteiger partial charge in [-0.1, -0.05) is 18.6 Å². The first-order valence-electron chi connectivity index (χ1n) is 7.61. The van der Waals surface area contributed by atoms with Crippen molar-refractivity contribution in [3.8, 4) is 5.75 Å². The second kappa shape index (κ2) is 6.06. The Morgan fingerprint density at radius 1 is 1.46 bits per heavy atom. The Morgan fingerprint density at radius 3 is 2.75 bits per heavy atom. The summed E-state index contributed by atoms with van der Waals surface area (Å²) < 4.78 is 41.4. The molecule has 0 radical (unpaired) electrons. The molecule has 2 heterocycles. The normalized spacial score (nSPS) is 21.5. The van der Waals surface area contributed by atoms with Crippen molar-refractivity contribution in [3.05, 3.63) is 28.6 Å². The third-order valence-corrected chi connectivity index (χ3v) is 5.50. The molecule has 0 aromatic heterocycles. The largest absolute Gasteiger partial charge is 0.506 e. The Kier molecular flexibility index (Phi) is 4.22. The van der Waals surface area contributed by atoms with E-state index < -0.39 is 39.9 Å². The average Bonchev–Trinajstić information content (AvgIpc) is 3.09. The standard InChI is InChI=1S/C15H18FN3O4S/c1-2-10-6-12(20)15(19-8-13(21)18-24(19,22)23)14(16)11(10)5-9-3-4-17-7-9/h5-6,17,20H,2-4,7-8H2,1H3,(H,18,21)/b9-5-. The van der Waals surface area contributed by atoms with E-state index in [1.165, 1.54) is 6.07 Å². The van der Waals surface area contributed by atoms with Gasteiger partial charge in [-0.05, 0) is 31.0 Å². The number of amides is 1. The lowest BCUT2D eigenvalue weighted by Crippen LogP contribution is -2.30. The minimum Gasteiger partial charge on any atom is -0.506 e. The molecule has 3 rings (SSSR count). The van der Waals surface area contributed by atoms with Crippen molar-refractivity contribution < 1.29 is 22.7 Å². The van der Waals surface area contributed by atoms with E-state index in [2.05, 4.69) is 5.32 Å². The van der Waals surface area contributed by atoms with E-state index in [-0.39, 0.29) is 5.56 Å². The summed E-state index contributed by atoms with van der Waals surface area (Å²) in [5.41, 5.74) is 1.32. The Labute approximate surface area is 139 Å². The van der Waals surface area contributed by atoms with Gasteiger partial charge in [-0.15, -0.1) is 0 Å². The number of carbonyl (C=O) groups excluding carboxylic acids is 1. The number of benzene rings is 1. The van der Waals surface area contributed by atoms with Gasteiger partial charge in [0, 0.05) is 12.1 Å². The summed E-state index contributed by atoms with van der Waals surface area (Å²) in [5, 5.41) is 13.3. The fourth-order valence-corrected chi connectivity index (χ4v) is 4.10. The van der Waals surface area contributed by atoms with Crippen LogP contribution in [0.3, 0.4) is 0 Å².